The zero-order valence-corrected chi connectivity index (χ0v) is 11.8. The summed E-state index contributed by atoms with van der Waals surface area (Å²) in [6, 6.07) is 3.51. The molecule has 16 heavy (non-hydrogen) atoms. The van der Waals surface area contributed by atoms with Crippen LogP contribution >= 0.6 is 0 Å². The van der Waals surface area contributed by atoms with Crippen molar-refractivity contribution < 1.29 is 47.4 Å². The molecule has 3 nitrogen and oxygen atoms in total. The summed E-state index contributed by atoms with van der Waals surface area (Å²) >= 11 is -2.46. The molecule has 1 atom stereocenters. The maximum atomic E-state index is 12.8. The average molecular weight is 252 g/mol. The van der Waals surface area contributed by atoms with Crippen LogP contribution in [0.2, 0.25) is 0 Å². The molecule has 1 aliphatic rings. The molecule has 6 heteroatoms. The van der Waals surface area contributed by atoms with E-state index in [9.17, 15) is 13.2 Å². The van der Waals surface area contributed by atoms with E-state index in [1.807, 2.05) is 0 Å². The first-order valence-corrected chi connectivity index (χ1v) is 5.76. The molecule has 2 rings (SSSR count). The molecule has 1 saturated carbocycles. The van der Waals surface area contributed by atoms with E-state index in [-0.39, 0.29) is 40.2 Å². The van der Waals surface area contributed by atoms with Crippen molar-refractivity contribution in [3.05, 3.63) is 24.0 Å². The van der Waals surface area contributed by atoms with Gasteiger partial charge >= 0.3 is 29.6 Å². The van der Waals surface area contributed by atoms with Gasteiger partial charge in [0.2, 0.25) is 0 Å². The molecule has 82 valence electrons. The Morgan fingerprint density at radius 2 is 2.19 bits per heavy atom. The fraction of sp³-hybridized carbons (Fsp3) is 0.400. The summed E-state index contributed by atoms with van der Waals surface area (Å²) < 4.78 is 39.7. The molecule has 0 N–H and O–H groups in total. The minimum atomic E-state index is -2.46. The number of benzene rings is 1. The normalized spacial score (nSPS) is 16.4. The summed E-state index contributed by atoms with van der Waals surface area (Å²) in [5.41, 5.74) is 0. The maximum Gasteiger partial charge on any atom is 1.00 e. The molecule has 0 amide bonds. The van der Waals surface area contributed by atoms with Gasteiger partial charge in [-0.05, 0) is 48.0 Å². The Morgan fingerprint density at radius 1 is 1.50 bits per heavy atom. The topological polar surface area (TPSA) is 49.4 Å². The van der Waals surface area contributed by atoms with Crippen LogP contribution in [0.5, 0.6) is 5.75 Å². The summed E-state index contributed by atoms with van der Waals surface area (Å²) in [6.45, 7) is 0.510. The molecule has 1 fully saturated rings. The van der Waals surface area contributed by atoms with Crippen LogP contribution in [0.25, 0.3) is 0 Å². The van der Waals surface area contributed by atoms with E-state index in [1.54, 1.807) is 0 Å². The number of ether oxygens (including phenoxy) is 1. The van der Waals surface area contributed by atoms with E-state index in [0.717, 1.165) is 18.9 Å². The summed E-state index contributed by atoms with van der Waals surface area (Å²) in [5.74, 6) is 0.188. The quantitative estimate of drug-likeness (QED) is 0.502. The van der Waals surface area contributed by atoms with E-state index in [0.29, 0.717) is 12.5 Å². The van der Waals surface area contributed by atoms with Gasteiger partial charge in [0.25, 0.3) is 0 Å². The minimum Gasteiger partial charge on any atom is -0.768 e. The Balaban J connectivity index is 0.00000128. The SMILES string of the molecule is O=S([O-])c1cc(F)ccc1OCC1CC1.[Na+]. The van der Waals surface area contributed by atoms with Crippen LogP contribution < -0.4 is 34.3 Å². The van der Waals surface area contributed by atoms with Crippen molar-refractivity contribution in [2.24, 2.45) is 5.92 Å². The second-order valence-electron chi connectivity index (χ2n) is 3.58. The molecule has 1 unspecified atom stereocenters. The molecule has 0 heterocycles. The van der Waals surface area contributed by atoms with Crippen molar-refractivity contribution in [2.75, 3.05) is 6.61 Å². The Kier molecular flexibility index (Phi) is 5.40. The number of halogens is 1. The first-order valence-electron chi connectivity index (χ1n) is 4.68. The molecule has 0 saturated heterocycles. The van der Waals surface area contributed by atoms with Crippen molar-refractivity contribution in [3.8, 4) is 5.75 Å². The van der Waals surface area contributed by atoms with Gasteiger partial charge in [-0.15, -0.1) is 0 Å². The Bertz CT molecular complexity index is 396. The first kappa shape index (κ1) is 14.1. The van der Waals surface area contributed by atoms with Crippen LogP contribution in [-0.4, -0.2) is 15.4 Å². The van der Waals surface area contributed by atoms with Crippen LogP contribution in [0.4, 0.5) is 4.39 Å². The van der Waals surface area contributed by atoms with E-state index >= 15 is 0 Å². The van der Waals surface area contributed by atoms with Crippen molar-refractivity contribution in [1.82, 2.24) is 0 Å². The van der Waals surface area contributed by atoms with Gasteiger partial charge in [0.05, 0.1) is 11.5 Å². The number of hydrogen-bond donors (Lipinski definition) is 0. The standard InChI is InChI=1S/C10H11FO3S.Na/c11-8-3-4-9(10(5-8)15(12)13)14-6-7-1-2-7;/h3-5,7H,1-2,6H2,(H,12,13);/q;+1/p-1. The largest absolute Gasteiger partial charge is 1.00 e. The van der Waals surface area contributed by atoms with Gasteiger partial charge in [0, 0.05) is 0 Å². The molecule has 0 aromatic heterocycles. The van der Waals surface area contributed by atoms with Gasteiger partial charge < -0.3 is 9.29 Å². The molecule has 0 bridgehead atoms. The third-order valence-electron chi connectivity index (χ3n) is 2.26. The second kappa shape index (κ2) is 6.12. The van der Waals surface area contributed by atoms with Crippen molar-refractivity contribution in [1.29, 1.82) is 0 Å². The van der Waals surface area contributed by atoms with E-state index in [4.69, 9.17) is 4.74 Å². The average Bonchev–Trinajstić information content (AvgIpc) is 2.99. The molecule has 1 aliphatic carbocycles. The summed E-state index contributed by atoms with van der Waals surface area (Å²) in [6.07, 6.45) is 2.24. The van der Waals surface area contributed by atoms with E-state index in [2.05, 4.69) is 0 Å². The predicted octanol–water partition coefficient (Wildman–Crippen LogP) is -1.14. The molecule has 0 spiro atoms. The third kappa shape index (κ3) is 3.82. The predicted molar refractivity (Wildman–Crippen MR) is 51.8 cm³/mol. The molecule has 1 aromatic rings. The van der Waals surface area contributed by atoms with Crippen LogP contribution in [0, 0.1) is 11.7 Å². The minimum absolute atomic E-state index is 0. The Hall–Kier alpha value is 0.0600. The smallest absolute Gasteiger partial charge is 0.768 e. The molecular formula is C10H10FNaO3S. The Morgan fingerprint density at radius 3 is 2.75 bits per heavy atom. The van der Waals surface area contributed by atoms with Gasteiger partial charge in [-0.1, -0.05) is 0 Å². The first-order chi connectivity index (χ1) is 7.16. The molecule has 0 radical (unpaired) electrons. The molecule has 1 aromatic carbocycles. The van der Waals surface area contributed by atoms with Gasteiger partial charge in [-0.3, -0.25) is 4.21 Å². The van der Waals surface area contributed by atoms with E-state index < -0.39 is 16.9 Å². The maximum absolute atomic E-state index is 12.8. The fourth-order valence-electron chi connectivity index (χ4n) is 1.22. The number of hydrogen-bond acceptors (Lipinski definition) is 3. The summed E-state index contributed by atoms with van der Waals surface area (Å²) in [7, 11) is 0. The van der Waals surface area contributed by atoms with Crippen molar-refractivity contribution in [2.45, 2.75) is 17.7 Å². The third-order valence-corrected chi connectivity index (χ3v) is 2.93. The van der Waals surface area contributed by atoms with Crippen LogP contribution in [-0.2, 0) is 11.1 Å². The zero-order chi connectivity index (χ0) is 10.8. The fourth-order valence-corrected chi connectivity index (χ4v) is 1.72. The molecular weight excluding hydrogens is 242 g/mol. The summed E-state index contributed by atoms with van der Waals surface area (Å²) in [4.78, 5) is -0.115. The van der Waals surface area contributed by atoms with Crippen molar-refractivity contribution >= 4 is 11.1 Å². The zero-order valence-electron chi connectivity index (χ0n) is 8.94. The second-order valence-corrected chi connectivity index (χ2v) is 4.49. The van der Waals surface area contributed by atoms with Gasteiger partial charge in [0.1, 0.15) is 11.6 Å². The summed E-state index contributed by atoms with van der Waals surface area (Å²) in [5, 5.41) is 0. The monoisotopic (exact) mass is 252 g/mol. The van der Waals surface area contributed by atoms with Crippen LogP contribution in [0.15, 0.2) is 23.1 Å². The van der Waals surface area contributed by atoms with Gasteiger partial charge in [0.15, 0.2) is 0 Å². The Labute approximate surface area is 118 Å². The van der Waals surface area contributed by atoms with Crippen LogP contribution in [0.3, 0.4) is 0 Å². The van der Waals surface area contributed by atoms with Gasteiger partial charge in [-0.25, -0.2) is 4.39 Å². The number of rotatable bonds is 4. The van der Waals surface area contributed by atoms with Crippen LogP contribution in [0.1, 0.15) is 12.8 Å². The van der Waals surface area contributed by atoms with Crippen molar-refractivity contribution in [3.63, 3.8) is 0 Å². The van der Waals surface area contributed by atoms with Gasteiger partial charge in [-0.2, -0.15) is 0 Å². The van der Waals surface area contributed by atoms with E-state index in [1.165, 1.54) is 12.1 Å². The molecule has 0 aliphatic heterocycles.